The summed E-state index contributed by atoms with van der Waals surface area (Å²) in [5.74, 6) is 0.844. The molecule has 0 aliphatic carbocycles. The first-order valence-electron chi connectivity index (χ1n) is 11.6. The van der Waals surface area contributed by atoms with Gasteiger partial charge in [0.05, 0.1) is 7.11 Å². The summed E-state index contributed by atoms with van der Waals surface area (Å²) in [4.78, 5) is 15.0. The van der Waals surface area contributed by atoms with Crippen molar-refractivity contribution in [3.8, 4) is 11.5 Å². The van der Waals surface area contributed by atoms with Crippen LogP contribution in [0.1, 0.15) is 29.0 Å². The average molecular weight is 468 g/mol. The Balaban J connectivity index is 1.53. The minimum atomic E-state index is -0.280. The lowest BCUT2D eigenvalue weighted by Gasteiger charge is -2.35. The molecule has 0 saturated carbocycles. The average Bonchev–Trinajstić information content (AvgIpc) is 2.89. The van der Waals surface area contributed by atoms with Gasteiger partial charge in [0.25, 0.3) is 0 Å². The van der Waals surface area contributed by atoms with Crippen LogP contribution in [0.5, 0.6) is 11.5 Å². The lowest BCUT2D eigenvalue weighted by atomic mass is 9.81. The molecule has 35 heavy (non-hydrogen) atoms. The van der Waals surface area contributed by atoms with E-state index in [9.17, 15) is 9.18 Å². The van der Waals surface area contributed by atoms with Crippen molar-refractivity contribution in [1.82, 2.24) is 0 Å². The van der Waals surface area contributed by atoms with Crippen LogP contribution in [0.25, 0.3) is 10.8 Å². The zero-order chi connectivity index (χ0) is 24.4. The minimum absolute atomic E-state index is 0.0632. The molecule has 1 atom stereocenters. The van der Waals surface area contributed by atoms with E-state index in [0.717, 1.165) is 33.2 Å². The largest absolute Gasteiger partial charge is 0.493 e. The third kappa shape index (κ3) is 4.37. The van der Waals surface area contributed by atoms with Gasteiger partial charge in [-0.25, -0.2) is 4.39 Å². The number of ether oxygens (including phenoxy) is 2. The van der Waals surface area contributed by atoms with E-state index in [1.165, 1.54) is 12.1 Å². The van der Waals surface area contributed by atoms with Gasteiger partial charge in [-0.05, 0) is 57.8 Å². The van der Waals surface area contributed by atoms with Gasteiger partial charge in [0.2, 0.25) is 5.91 Å². The van der Waals surface area contributed by atoms with E-state index in [1.807, 2.05) is 41.3 Å². The number of hydrogen-bond donors (Lipinski definition) is 0. The lowest BCUT2D eigenvalue weighted by Crippen LogP contribution is -2.37. The van der Waals surface area contributed by atoms with Gasteiger partial charge in [-0.15, -0.1) is 6.58 Å². The Morgan fingerprint density at radius 1 is 1.03 bits per heavy atom. The number of hydrogen-bond acceptors (Lipinski definition) is 3. The van der Waals surface area contributed by atoms with Crippen LogP contribution in [0.15, 0.2) is 91.5 Å². The standard InChI is InChI=1S/C30H26FNO3/c1-3-16-32-26-14-10-21-6-4-5-7-24(21)30(26)25(18-29(32)33)22-11-15-27(28(17-22)34-2)35-19-20-8-12-23(31)13-9-20/h3-15,17,25H,1,16,18-19H2,2H3. The summed E-state index contributed by atoms with van der Waals surface area (Å²) in [5.41, 5.74) is 3.89. The number of benzene rings is 4. The molecule has 5 heteroatoms. The molecule has 0 bridgehead atoms. The van der Waals surface area contributed by atoms with Crippen LogP contribution >= 0.6 is 0 Å². The van der Waals surface area contributed by atoms with Crippen LogP contribution in [0.4, 0.5) is 10.1 Å². The molecule has 4 aromatic rings. The van der Waals surface area contributed by atoms with Crippen molar-refractivity contribution in [3.05, 3.63) is 114 Å². The summed E-state index contributed by atoms with van der Waals surface area (Å²) in [7, 11) is 1.60. The second-order valence-electron chi connectivity index (χ2n) is 8.59. The molecule has 0 saturated heterocycles. The molecule has 5 rings (SSSR count). The highest BCUT2D eigenvalue weighted by molar-refractivity contribution is 6.03. The molecule has 0 radical (unpaired) electrons. The SMILES string of the molecule is C=CCN1C(=O)CC(c2ccc(OCc3ccc(F)cc3)c(OC)c2)c2c1ccc1ccccc21. The van der Waals surface area contributed by atoms with E-state index in [2.05, 4.69) is 24.8 Å². The molecule has 4 aromatic carbocycles. The number of carbonyl (C=O) groups excluding carboxylic acids is 1. The highest BCUT2D eigenvalue weighted by Crippen LogP contribution is 2.45. The molecule has 0 fully saturated rings. The van der Waals surface area contributed by atoms with Gasteiger partial charge in [-0.3, -0.25) is 4.79 Å². The second-order valence-corrected chi connectivity index (χ2v) is 8.59. The predicted octanol–water partition coefficient (Wildman–Crippen LogP) is 6.62. The summed E-state index contributed by atoms with van der Waals surface area (Å²) >= 11 is 0. The third-order valence-electron chi connectivity index (χ3n) is 6.48. The van der Waals surface area contributed by atoms with E-state index < -0.39 is 0 Å². The molecule has 176 valence electrons. The van der Waals surface area contributed by atoms with Crippen molar-refractivity contribution in [1.29, 1.82) is 0 Å². The van der Waals surface area contributed by atoms with Crippen molar-refractivity contribution >= 4 is 22.4 Å². The number of amides is 1. The third-order valence-corrected chi connectivity index (χ3v) is 6.48. The monoisotopic (exact) mass is 467 g/mol. The van der Waals surface area contributed by atoms with Gasteiger partial charge in [0.15, 0.2) is 11.5 Å². The van der Waals surface area contributed by atoms with Gasteiger partial charge in [0.1, 0.15) is 12.4 Å². The second kappa shape index (κ2) is 9.63. The smallest absolute Gasteiger partial charge is 0.228 e. The van der Waals surface area contributed by atoms with Gasteiger partial charge >= 0.3 is 0 Å². The highest BCUT2D eigenvalue weighted by atomic mass is 19.1. The molecule has 0 spiro atoms. The zero-order valence-corrected chi connectivity index (χ0v) is 19.5. The van der Waals surface area contributed by atoms with Crippen LogP contribution in [0.2, 0.25) is 0 Å². The summed E-state index contributed by atoms with van der Waals surface area (Å²) in [6.07, 6.45) is 2.11. The molecule has 0 N–H and O–H groups in total. The number of carbonyl (C=O) groups is 1. The molecule has 1 amide bonds. The van der Waals surface area contributed by atoms with E-state index in [1.54, 1.807) is 25.3 Å². The molecular formula is C30H26FNO3. The maximum atomic E-state index is 13.2. The number of nitrogens with zero attached hydrogens (tertiary/aromatic N) is 1. The highest BCUT2D eigenvalue weighted by Gasteiger charge is 2.33. The first-order valence-corrected chi connectivity index (χ1v) is 11.6. The van der Waals surface area contributed by atoms with Crippen molar-refractivity contribution < 1.29 is 18.7 Å². The topological polar surface area (TPSA) is 38.8 Å². The van der Waals surface area contributed by atoms with Gasteiger partial charge in [-0.1, -0.05) is 54.6 Å². The molecular weight excluding hydrogens is 441 g/mol. The Labute approximate surface area is 204 Å². The molecule has 1 aliphatic rings. The molecule has 1 unspecified atom stereocenters. The van der Waals surface area contributed by atoms with Crippen molar-refractivity contribution in [2.24, 2.45) is 0 Å². The van der Waals surface area contributed by atoms with Crippen molar-refractivity contribution in [2.75, 3.05) is 18.6 Å². The number of halogens is 1. The fourth-order valence-electron chi connectivity index (χ4n) is 4.78. The summed E-state index contributed by atoms with van der Waals surface area (Å²) in [6.45, 7) is 4.60. The summed E-state index contributed by atoms with van der Waals surface area (Å²) < 4.78 is 24.8. The Bertz CT molecular complexity index is 1400. The van der Waals surface area contributed by atoms with E-state index in [4.69, 9.17) is 9.47 Å². The minimum Gasteiger partial charge on any atom is -0.493 e. The van der Waals surface area contributed by atoms with Crippen LogP contribution in [-0.2, 0) is 11.4 Å². The Kier molecular flexibility index (Phi) is 6.23. The normalized spacial score (nSPS) is 15.1. The molecule has 1 heterocycles. The number of methoxy groups -OCH3 is 1. The molecule has 4 nitrogen and oxygen atoms in total. The van der Waals surface area contributed by atoms with Gasteiger partial charge in [-0.2, -0.15) is 0 Å². The molecule has 0 aromatic heterocycles. The number of rotatable bonds is 7. The fourth-order valence-corrected chi connectivity index (χ4v) is 4.78. The predicted molar refractivity (Wildman–Crippen MR) is 137 cm³/mol. The maximum Gasteiger partial charge on any atom is 0.228 e. The van der Waals surface area contributed by atoms with Crippen LogP contribution < -0.4 is 14.4 Å². The van der Waals surface area contributed by atoms with Gasteiger partial charge < -0.3 is 14.4 Å². The first-order chi connectivity index (χ1) is 17.1. The summed E-state index contributed by atoms with van der Waals surface area (Å²) in [5, 5.41) is 2.27. The number of fused-ring (bicyclic) bond motifs is 3. The fraction of sp³-hybridized carbons (Fsp3) is 0.167. The maximum absolute atomic E-state index is 13.2. The Morgan fingerprint density at radius 3 is 2.60 bits per heavy atom. The first kappa shape index (κ1) is 22.7. The van der Waals surface area contributed by atoms with Gasteiger partial charge in [0, 0.05) is 24.6 Å². The van der Waals surface area contributed by atoms with E-state index in [-0.39, 0.29) is 17.6 Å². The number of anilines is 1. The van der Waals surface area contributed by atoms with Crippen molar-refractivity contribution in [2.45, 2.75) is 18.9 Å². The van der Waals surface area contributed by atoms with Crippen LogP contribution in [-0.4, -0.2) is 19.6 Å². The van der Waals surface area contributed by atoms with E-state index in [0.29, 0.717) is 31.1 Å². The quantitative estimate of drug-likeness (QED) is 0.287. The van der Waals surface area contributed by atoms with E-state index >= 15 is 0 Å². The Hall–Kier alpha value is -4.12. The Morgan fingerprint density at radius 2 is 1.83 bits per heavy atom. The molecule has 1 aliphatic heterocycles. The van der Waals surface area contributed by atoms with Crippen molar-refractivity contribution in [3.63, 3.8) is 0 Å². The zero-order valence-electron chi connectivity index (χ0n) is 19.5. The van der Waals surface area contributed by atoms with Crippen LogP contribution in [0, 0.1) is 5.82 Å². The summed E-state index contributed by atoms with van der Waals surface area (Å²) in [6, 6.07) is 24.4. The van der Waals surface area contributed by atoms with Crippen LogP contribution in [0.3, 0.4) is 0 Å². The lowest BCUT2D eigenvalue weighted by molar-refractivity contribution is -0.119.